The summed E-state index contributed by atoms with van der Waals surface area (Å²) < 4.78 is 5.82. The van der Waals surface area contributed by atoms with Crippen molar-refractivity contribution in [3.8, 4) is 0 Å². The fraction of sp³-hybridized carbons (Fsp3) is 0.647. The summed E-state index contributed by atoms with van der Waals surface area (Å²) in [4.78, 5) is 2.50. The molecule has 1 unspecified atom stereocenters. The Morgan fingerprint density at radius 3 is 2.95 bits per heavy atom. The maximum atomic E-state index is 5.82. The van der Waals surface area contributed by atoms with Crippen molar-refractivity contribution in [2.75, 3.05) is 31.1 Å². The number of ether oxygens (including phenoxy) is 1. The Morgan fingerprint density at radius 1 is 1.35 bits per heavy atom. The minimum Gasteiger partial charge on any atom is -0.377 e. The highest BCUT2D eigenvalue weighted by Gasteiger charge is 2.21. The van der Waals surface area contributed by atoms with Crippen LogP contribution in [0.5, 0.6) is 0 Å². The van der Waals surface area contributed by atoms with E-state index >= 15 is 0 Å². The molecule has 1 aliphatic rings. The van der Waals surface area contributed by atoms with Crippen LogP contribution in [0, 0.1) is 6.92 Å². The van der Waals surface area contributed by atoms with Crippen LogP contribution < -0.4 is 10.2 Å². The van der Waals surface area contributed by atoms with Gasteiger partial charge in [-0.1, -0.05) is 24.6 Å². The third kappa shape index (κ3) is 3.97. The number of piperidine rings is 1. The zero-order valence-corrected chi connectivity index (χ0v) is 13.1. The summed E-state index contributed by atoms with van der Waals surface area (Å²) in [5.74, 6) is 0. The molecule has 20 heavy (non-hydrogen) atoms. The minimum atomic E-state index is 0.391. The summed E-state index contributed by atoms with van der Waals surface area (Å²) in [6, 6.07) is 6.80. The van der Waals surface area contributed by atoms with Crippen LogP contribution in [0.1, 0.15) is 37.8 Å². The van der Waals surface area contributed by atoms with E-state index in [1.54, 1.807) is 0 Å². The van der Waals surface area contributed by atoms with Gasteiger partial charge in [0.2, 0.25) is 0 Å². The van der Waals surface area contributed by atoms with Gasteiger partial charge in [0.25, 0.3) is 0 Å². The standard InChI is InChI=1S/C17H28N2O/c1-4-18-12-15-11-14(3)8-9-17(15)19-10-6-7-16(13-19)20-5-2/h8-9,11,16,18H,4-7,10,12-13H2,1-3H3. The summed E-state index contributed by atoms with van der Waals surface area (Å²) in [6.45, 7) is 11.3. The highest BCUT2D eigenvalue weighted by molar-refractivity contribution is 5.55. The van der Waals surface area contributed by atoms with Gasteiger partial charge in [-0.05, 0) is 44.9 Å². The van der Waals surface area contributed by atoms with Gasteiger partial charge in [0, 0.05) is 31.9 Å². The van der Waals surface area contributed by atoms with Gasteiger partial charge in [0.1, 0.15) is 0 Å². The topological polar surface area (TPSA) is 24.5 Å². The summed E-state index contributed by atoms with van der Waals surface area (Å²) in [5, 5.41) is 3.45. The molecular weight excluding hydrogens is 248 g/mol. The SMILES string of the molecule is CCNCc1cc(C)ccc1N1CCCC(OCC)C1. The van der Waals surface area contributed by atoms with E-state index in [2.05, 4.69) is 49.2 Å². The van der Waals surface area contributed by atoms with E-state index < -0.39 is 0 Å². The maximum Gasteiger partial charge on any atom is 0.0750 e. The lowest BCUT2D eigenvalue weighted by molar-refractivity contribution is 0.0526. The van der Waals surface area contributed by atoms with Crippen LogP contribution in [-0.4, -0.2) is 32.3 Å². The summed E-state index contributed by atoms with van der Waals surface area (Å²) >= 11 is 0. The number of hydrogen-bond acceptors (Lipinski definition) is 3. The Kier molecular flexibility index (Phi) is 5.86. The molecule has 0 aromatic heterocycles. The zero-order valence-electron chi connectivity index (χ0n) is 13.1. The van der Waals surface area contributed by atoms with Crippen molar-refractivity contribution in [2.24, 2.45) is 0 Å². The Morgan fingerprint density at radius 2 is 2.20 bits per heavy atom. The van der Waals surface area contributed by atoms with Gasteiger partial charge in [0.15, 0.2) is 0 Å². The lowest BCUT2D eigenvalue weighted by atomic mass is 10.0. The van der Waals surface area contributed by atoms with Crippen LogP contribution in [0.4, 0.5) is 5.69 Å². The number of benzene rings is 1. The third-order valence-electron chi connectivity index (χ3n) is 3.92. The molecule has 1 fully saturated rings. The van der Waals surface area contributed by atoms with Gasteiger partial charge in [0.05, 0.1) is 6.10 Å². The fourth-order valence-electron chi connectivity index (χ4n) is 2.95. The molecule has 0 amide bonds. The molecule has 0 bridgehead atoms. The van der Waals surface area contributed by atoms with Gasteiger partial charge in [-0.3, -0.25) is 0 Å². The average molecular weight is 276 g/mol. The highest BCUT2D eigenvalue weighted by Crippen LogP contribution is 2.26. The van der Waals surface area contributed by atoms with Crippen LogP contribution in [0.25, 0.3) is 0 Å². The first kappa shape index (κ1) is 15.3. The number of rotatable bonds is 6. The molecule has 1 aliphatic heterocycles. The minimum absolute atomic E-state index is 0.391. The van der Waals surface area contributed by atoms with Crippen LogP contribution in [0.15, 0.2) is 18.2 Å². The Labute approximate surface area is 123 Å². The molecule has 1 aromatic carbocycles. The Balaban J connectivity index is 2.13. The first-order valence-corrected chi connectivity index (χ1v) is 7.91. The lowest BCUT2D eigenvalue weighted by Gasteiger charge is -2.35. The first-order valence-electron chi connectivity index (χ1n) is 7.91. The quantitative estimate of drug-likeness (QED) is 0.864. The first-order chi connectivity index (χ1) is 9.74. The van der Waals surface area contributed by atoms with Crippen molar-refractivity contribution in [1.29, 1.82) is 0 Å². The number of nitrogens with one attached hydrogen (secondary N) is 1. The van der Waals surface area contributed by atoms with E-state index in [-0.39, 0.29) is 0 Å². The second-order valence-electron chi connectivity index (χ2n) is 5.58. The molecule has 0 saturated carbocycles. The van der Waals surface area contributed by atoms with Crippen molar-refractivity contribution in [3.63, 3.8) is 0 Å². The number of aryl methyl sites for hydroxylation is 1. The molecule has 0 radical (unpaired) electrons. The second kappa shape index (κ2) is 7.65. The van der Waals surface area contributed by atoms with E-state index in [0.717, 1.165) is 32.8 Å². The van der Waals surface area contributed by atoms with Crippen LogP contribution in [-0.2, 0) is 11.3 Å². The van der Waals surface area contributed by atoms with Gasteiger partial charge >= 0.3 is 0 Å². The number of hydrogen-bond donors (Lipinski definition) is 1. The zero-order chi connectivity index (χ0) is 14.4. The molecule has 1 heterocycles. The van der Waals surface area contributed by atoms with Crippen molar-refractivity contribution in [1.82, 2.24) is 5.32 Å². The van der Waals surface area contributed by atoms with E-state index in [9.17, 15) is 0 Å². The van der Waals surface area contributed by atoms with Crippen molar-refractivity contribution >= 4 is 5.69 Å². The van der Waals surface area contributed by atoms with Gasteiger partial charge in [-0.25, -0.2) is 0 Å². The van der Waals surface area contributed by atoms with Crippen LogP contribution >= 0.6 is 0 Å². The van der Waals surface area contributed by atoms with E-state index in [1.165, 1.54) is 29.7 Å². The van der Waals surface area contributed by atoms with E-state index in [4.69, 9.17) is 4.74 Å². The number of anilines is 1. The molecule has 1 aromatic rings. The molecule has 1 atom stereocenters. The van der Waals surface area contributed by atoms with Crippen LogP contribution in [0.3, 0.4) is 0 Å². The molecular formula is C17H28N2O. The van der Waals surface area contributed by atoms with E-state index in [1.807, 2.05) is 0 Å². The van der Waals surface area contributed by atoms with Gasteiger partial charge in [-0.2, -0.15) is 0 Å². The van der Waals surface area contributed by atoms with Crippen molar-refractivity contribution < 1.29 is 4.74 Å². The maximum absolute atomic E-state index is 5.82. The summed E-state index contributed by atoms with van der Waals surface area (Å²) in [6.07, 6.45) is 2.81. The van der Waals surface area contributed by atoms with Crippen molar-refractivity contribution in [2.45, 2.75) is 46.3 Å². The fourth-order valence-corrected chi connectivity index (χ4v) is 2.95. The lowest BCUT2D eigenvalue weighted by Crippen LogP contribution is -2.40. The van der Waals surface area contributed by atoms with Gasteiger partial charge in [-0.15, -0.1) is 0 Å². The Hall–Kier alpha value is -1.06. The molecule has 3 nitrogen and oxygen atoms in total. The summed E-state index contributed by atoms with van der Waals surface area (Å²) in [5.41, 5.74) is 4.12. The molecule has 2 rings (SSSR count). The predicted molar refractivity (Wildman–Crippen MR) is 85.4 cm³/mol. The normalized spacial score (nSPS) is 19.4. The molecule has 1 saturated heterocycles. The average Bonchev–Trinajstić information content (AvgIpc) is 2.46. The molecule has 0 aliphatic carbocycles. The molecule has 1 N–H and O–H groups in total. The second-order valence-corrected chi connectivity index (χ2v) is 5.58. The molecule has 112 valence electrons. The van der Waals surface area contributed by atoms with Crippen LogP contribution in [0.2, 0.25) is 0 Å². The Bertz CT molecular complexity index is 417. The largest absolute Gasteiger partial charge is 0.377 e. The summed E-state index contributed by atoms with van der Waals surface area (Å²) in [7, 11) is 0. The predicted octanol–water partition coefficient (Wildman–Crippen LogP) is 3.11. The monoisotopic (exact) mass is 276 g/mol. The van der Waals surface area contributed by atoms with E-state index in [0.29, 0.717) is 6.10 Å². The number of nitrogens with zero attached hydrogens (tertiary/aromatic N) is 1. The van der Waals surface area contributed by atoms with Crippen molar-refractivity contribution in [3.05, 3.63) is 29.3 Å². The molecule has 3 heteroatoms. The third-order valence-corrected chi connectivity index (χ3v) is 3.92. The highest BCUT2D eigenvalue weighted by atomic mass is 16.5. The molecule has 0 spiro atoms. The smallest absolute Gasteiger partial charge is 0.0750 e. The van der Waals surface area contributed by atoms with Gasteiger partial charge < -0.3 is 15.0 Å².